The van der Waals surface area contributed by atoms with E-state index in [2.05, 4.69) is 25.9 Å². The molecule has 0 bridgehead atoms. The van der Waals surface area contributed by atoms with E-state index in [0.29, 0.717) is 61.4 Å². The fraction of sp³-hybridized carbons (Fsp3) is 0.500. The number of amides is 2. The quantitative estimate of drug-likeness (QED) is 0.144. The van der Waals surface area contributed by atoms with Crippen molar-refractivity contribution in [3.05, 3.63) is 29.8 Å². The lowest BCUT2D eigenvalue weighted by molar-refractivity contribution is -0.126. The first-order chi connectivity index (χ1) is 17.4. The number of nitrogens with zero attached hydrogens (tertiary/aromatic N) is 2. The highest BCUT2D eigenvalue weighted by Crippen LogP contribution is 2.39. The zero-order chi connectivity index (χ0) is 25.9. The maximum atomic E-state index is 12.4. The van der Waals surface area contributed by atoms with E-state index in [1.807, 2.05) is 6.07 Å². The van der Waals surface area contributed by atoms with Crippen LogP contribution >= 0.6 is 0 Å². The molecule has 1 aromatic rings. The third-order valence-corrected chi connectivity index (χ3v) is 5.78. The number of carbonyl (C=O) groups is 2. The summed E-state index contributed by atoms with van der Waals surface area (Å²) in [5.41, 5.74) is 16.8. The smallest absolute Gasteiger partial charge is 0.223 e. The van der Waals surface area contributed by atoms with Gasteiger partial charge in [-0.1, -0.05) is 6.07 Å². The molecule has 0 aromatic heterocycles. The third kappa shape index (κ3) is 7.87. The average Bonchev–Trinajstić information content (AvgIpc) is 2.85. The number of fused-ring (bicyclic) bond motifs is 1. The molecule has 1 heterocycles. The van der Waals surface area contributed by atoms with Crippen molar-refractivity contribution in [2.75, 3.05) is 31.6 Å². The highest BCUT2D eigenvalue weighted by atomic mass is 16.5. The number of rotatable bonds is 11. The third-order valence-electron chi connectivity index (χ3n) is 5.78. The van der Waals surface area contributed by atoms with Crippen molar-refractivity contribution < 1.29 is 19.1 Å². The van der Waals surface area contributed by atoms with E-state index in [-0.39, 0.29) is 29.7 Å². The molecule has 1 aromatic carbocycles. The number of ether oxygens (including phenoxy) is 2. The van der Waals surface area contributed by atoms with Crippen LogP contribution in [0.3, 0.4) is 0 Å². The second kappa shape index (κ2) is 13.3. The lowest BCUT2D eigenvalue weighted by Crippen LogP contribution is -2.34. The largest absolute Gasteiger partial charge is 0.490 e. The van der Waals surface area contributed by atoms with E-state index in [1.165, 1.54) is 6.92 Å². The van der Waals surface area contributed by atoms with Gasteiger partial charge in [0.1, 0.15) is 18.0 Å². The van der Waals surface area contributed by atoms with Gasteiger partial charge in [-0.3, -0.25) is 19.6 Å². The molecule has 0 atom stereocenters. The zero-order valence-corrected chi connectivity index (χ0v) is 20.6. The van der Waals surface area contributed by atoms with Gasteiger partial charge in [-0.25, -0.2) is 0 Å². The van der Waals surface area contributed by atoms with Gasteiger partial charge in [0.05, 0.1) is 12.3 Å². The topological polar surface area (TPSA) is 191 Å². The Bertz CT molecular complexity index is 1010. The van der Waals surface area contributed by atoms with Crippen LogP contribution in [0.25, 0.3) is 0 Å². The van der Waals surface area contributed by atoms with Crippen molar-refractivity contribution in [1.29, 1.82) is 0 Å². The number of benzene rings is 1. The zero-order valence-electron chi connectivity index (χ0n) is 20.6. The highest BCUT2D eigenvalue weighted by Gasteiger charge is 2.27. The summed E-state index contributed by atoms with van der Waals surface area (Å²) >= 11 is 0. The molecule has 0 unspecified atom stereocenters. The van der Waals surface area contributed by atoms with Gasteiger partial charge >= 0.3 is 0 Å². The number of nitrogens with one attached hydrogen (secondary N) is 3. The summed E-state index contributed by atoms with van der Waals surface area (Å²) < 4.78 is 11.7. The molecule has 1 aliphatic carbocycles. The minimum absolute atomic E-state index is 0.0277. The second-order valence-electron chi connectivity index (χ2n) is 8.65. The first-order valence-corrected chi connectivity index (χ1v) is 12.2. The maximum absolute atomic E-state index is 12.4. The summed E-state index contributed by atoms with van der Waals surface area (Å²) in [6.07, 6.45) is 5.39. The predicted octanol–water partition coefficient (Wildman–Crippen LogP) is 0.543. The van der Waals surface area contributed by atoms with Gasteiger partial charge in [0.2, 0.25) is 11.8 Å². The molecule has 36 heavy (non-hydrogen) atoms. The number of nitrogens with two attached hydrogens (primary N) is 3. The molecule has 1 saturated carbocycles. The maximum Gasteiger partial charge on any atom is 0.223 e. The van der Waals surface area contributed by atoms with E-state index >= 15 is 0 Å². The molecular weight excluding hydrogens is 464 g/mol. The molecule has 2 amide bonds. The lowest BCUT2D eigenvalue weighted by atomic mass is 9.85. The van der Waals surface area contributed by atoms with Gasteiger partial charge in [-0.15, -0.1) is 0 Å². The summed E-state index contributed by atoms with van der Waals surface area (Å²) in [7, 11) is 0. The van der Waals surface area contributed by atoms with Crippen molar-refractivity contribution in [2.45, 2.75) is 45.1 Å². The molecule has 3 rings (SSSR count). The van der Waals surface area contributed by atoms with E-state index in [9.17, 15) is 9.59 Å². The van der Waals surface area contributed by atoms with E-state index in [4.69, 9.17) is 26.7 Å². The van der Waals surface area contributed by atoms with Gasteiger partial charge in [-0.2, -0.15) is 0 Å². The van der Waals surface area contributed by atoms with Crippen LogP contribution < -0.4 is 42.6 Å². The molecule has 12 nitrogen and oxygen atoms in total. The summed E-state index contributed by atoms with van der Waals surface area (Å²) in [6.45, 7) is 3.18. The lowest BCUT2D eigenvalue weighted by Gasteiger charge is -2.27. The van der Waals surface area contributed by atoms with Crippen molar-refractivity contribution in [3.8, 4) is 11.5 Å². The van der Waals surface area contributed by atoms with E-state index in [1.54, 1.807) is 18.3 Å². The second-order valence-corrected chi connectivity index (χ2v) is 8.65. The van der Waals surface area contributed by atoms with E-state index in [0.717, 1.165) is 25.7 Å². The Kier molecular flexibility index (Phi) is 9.92. The van der Waals surface area contributed by atoms with Crippen LogP contribution in [0.1, 0.15) is 39.0 Å². The van der Waals surface area contributed by atoms with Gasteiger partial charge < -0.3 is 42.6 Å². The molecule has 1 aliphatic heterocycles. The average molecular weight is 501 g/mol. The van der Waals surface area contributed by atoms with Crippen molar-refractivity contribution >= 4 is 29.7 Å². The van der Waals surface area contributed by atoms with Crippen molar-refractivity contribution in [2.24, 2.45) is 33.1 Å². The fourth-order valence-corrected chi connectivity index (χ4v) is 4.03. The molecule has 2 aliphatic rings. The number of carbonyl (C=O) groups excluding carboxylic acids is 2. The molecule has 9 N–H and O–H groups in total. The number of para-hydroxylation sites is 1. The number of hydrogen-bond acceptors (Lipinski definition) is 8. The fourth-order valence-electron chi connectivity index (χ4n) is 4.03. The predicted molar refractivity (Wildman–Crippen MR) is 139 cm³/mol. The minimum Gasteiger partial charge on any atom is -0.490 e. The summed E-state index contributed by atoms with van der Waals surface area (Å²) in [5.74, 6) is 1.75. The van der Waals surface area contributed by atoms with Crippen LogP contribution in [0.15, 0.2) is 39.8 Å². The SMILES string of the molecule is CC(=O)NC1=C(C=NC2CCC(C(=O)NCCCN=C(N)N)CC2)Oc2cccc(OCCN)c2N1. The first-order valence-electron chi connectivity index (χ1n) is 12.2. The standard InChI is InChI=1S/C24H36N8O4/c1-15(33)31-22-20(36-19-5-2-4-18(21(19)32-22)35-13-10-25)14-30-17-8-6-16(7-9-17)23(34)28-11-3-12-29-24(26)27/h2,4-5,14,16-17,32H,3,6-13,25H2,1H3,(H,28,34)(H,31,33)(H4,26,27,29). The molecule has 0 radical (unpaired) electrons. The molecule has 1 fully saturated rings. The molecule has 0 saturated heterocycles. The number of anilines is 1. The van der Waals surface area contributed by atoms with Crippen LogP contribution in [-0.4, -0.2) is 56.3 Å². The van der Waals surface area contributed by atoms with Crippen LogP contribution in [0.4, 0.5) is 5.69 Å². The van der Waals surface area contributed by atoms with Crippen molar-refractivity contribution in [3.63, 3.8) is 0 Å². The molecule has 196 valence electrons. The number of guanidine groups is 1. The Labute approximate surface area is 210 Å². The Hall–Kier alpha value is -3.80. The van der Waals surface area contributed by atoms with Crippen LogP contribution in [0, 0.1) is 5.92 Å². The Balaban J connectivity index is 1.57. The van der Waals surface area contributed by atoms with Gasteiger partial charge in [0.25, 0.3) is 0 Å². The van der Waals surface area contributed by atoms with Crippen LogP contribution in [0.5, 0.6) is 11.5 Å². The van der Waals surface area contributed by atoms with Gasteiger partial charge in [0, 0.05) is 32.5 Å². The molecular formula is C24H36N8O4. The summed E-state index contributed by atoms with van der Waals surface area (Å²) in [6, 6.07) is 5.48. The minimum atomic E-state index is -0.249. The monoisotopic (exact) mass is 500 g/mol. The first kappa shape index (κ1) is 26.8. The van der Waals surface area contributed by atoms with Crippen LogP contribution in [0.2, 0.25) is 0 Å². The molecule has 12 heteroatoms. The highest BCUT2D eigenvalue weighted by molar-refractivity contribution is 5.86. The van der Waals surface area contributed by atoms with Crippen molar-refractivity contribution in [1.82, 2.24) is 10.6 Å². The van der Waals surface area contributed by atoms with Crippen LogP contribution in [-0.2, 0) is 9.59 Å². The number of allylic oxidation sites excluding steroid dienone is 1. The normalized spacial score (nSPS) is 19.1. The molecule has 0 spiro atoms. The van der Waals surface area contributed by atoms with E-state index < -0.39 is 0 Å². The Morgan fingerprint density at radius 3 is 2.72 bits per heavy atom. The number of aliphatic imine (C=N–C) groups is 2. The number of hydrogen-bond donors (Lipinski definition) is 6. The summed E-state index contributed by atoms with van der Waals surface area (Å²) in [4.78, 5) is 32.8. The Morgan fingerprint density at radius 1 is 1.25 bits per heavy atom. The summed E-state index contributed by atoms with van der Waals surface area (Å²) in [5, 5.41) is 8.90. The Morgan fingerprint density at radius 2 is 2.03 bits per heavy atom. The van der Waals surface area contributed by atoms with Gasteiger partial charge in [-0.05, 0) is 44.2 Å². The van der Waals surface area contributed by atoms with Gasteiger partial charge in [0.15, 0.2) is 23.3 Å².